The van der Waals surface area contributed by atoms with Crippen LogP contribution in [0, 0.1) is 0 Å². The first-order valence-corrected chi connectivity index (χ1v) is 6.68. The van der Waals surface area contributed by atoms with Gasteiger partial charge in [0.2, 0.25) is 0 Å². The van der Waals surface area contributed by atoms with E-state index in [4.69, 9.17) is 9.47 Å². The Morgan fingerprint density at radius 3 is 2.53 bits per heavy atom. The Kier molecular flexibility index (Phi) is 3.55. The van der Waals surface area contributed by atoms with Gasteiger partial charge in [0.1, 0.15) is 0 Å². The normalized spacial score (nSPS) is 22.6. The third kappa shape index (κ3) is 2.52. The molecule has 1 saturated heterocycles. The van der Waals surface area contributed by atoms with Crippen LogP contribution in [0.2, 0.25) is 0 Å². The molecule has 3 rings (SSSR count). The van der Waals surface area contributed by atoms with Crippen LogP contribution in [0.4, 0.5) is 8.78 Å². The van der Waals surface area contributed by atoms with Crippen molar-refractivity contribution < 1.29 is 18.3 Å². The van der Waals surface area contributed by atoms with Crippen LogP contribution in [0.1, 0.15) is 36.3 Å². The first kappa shape index (κ1) is 12.7. The van der Waals surface area contributed by atoms with E-state index >= 15 is 0 Å². The topological polar surface area (TPSA) is 30.5 Å². The molecule has 0 amide bonds. The van der Waals surface area contributed by atoms with Crippen LogP contribution in [0.15, 0.2) is 12.1 Å². The van der Waals surface area contributed by atoms with E-state index in [0.717, 1.165) is 25.9 Å². The van der Waals surface area contributed by atoms with Crippen molar-refractivity contribution in [3.8, 4) is 11.5 Å². The molecule has 1 aromatic carbocycles. The summed E-state index contributed by atoms with van der Waals surface area (Å²) in [7, 11) is 0. The highest BCUT2D eigenvalue weighted by Gasteiger charge is 2.26. The van der Waals surface area contributed by atoms with Crippen LogP contribution in [-0.2, 0) is 0 Å². The highest BCUT2D eigenvalue weighted by Crippen LogP contribution is 2.40. The standard InChI is InChI=1S/C14H17F2NO2/c15-14(16)11-7-13-12(18-4-1-5-19-13)6-10(11)9-2-3-17-8-9/h6-7,9,14,17H,1-5,8H2. The highest BCUT2D eigenvalue weighted by atomic mass is 19.3. The predicted molar refractivity (Wildman–Crippen MR) is 67.2 cm³/mol. The molecular formula is C14H17F2NO2. The molecule has 0 saturated carbocycles. The lowest BCUT2D eigenvalue weighted by Gasteiger charge is -2.18. The average Bonchev–Trinajstić information content (AvgIpc) is 2.83. The number of hydrogen-bond acceptors (Lipinski definition) is 3. The molecule has 1 atom stereocenters. The van der Waals surface area contributed by atoms with Crippen molar-refractivity contribution >= 4 is 0 Å². The highest BCUT2D eigenvalue weighted by molar-refractivity contribution is 5.49. The lowest BCUT2D eigenvalue weighted by atomic mass is 9.93. The first-order valence-electron chi connectivity index (χ1n) is 6.68. The summed E-state index contributed by atoms with van der Waals surface area (Å²) in [6, 6.07) is 3.21. The minimum Gasteiger partial charge on any atom is -0.490 e. The van der Waals surface area contributed by atoms with Crippen LogP contribution in [0.25, 0.3) is 0 Å². The summed E-state index contributed by atoms with van der Waals surface area (Å²) in [4.78, 5) is 0. The van der Waals surface area contributed by atoms with Crippen molar-refractivity contribution in [1.82, 2.24) is 5.32 Å². The van der Waals surface area contributed by atoms with E-state index in [9.17, 15) is 8.78 Å². The minimum atomic E-state index is -2.48. The zero-order valence-corrected chi connectivity index (χ0v) is 10.6. The summed E-state index contributed by atoms with van der Waals surface area (Å²) >= 11 is 0. The maximum absolute atomic E-state index is 13.2. The van der Waals surface area contributed by atoms with Gasteiger partial charge in [-0.2, -0.15) is 0 Å². The quantitative estimate of drug-likeness (QED) is 0.895. The average molecular weight is 269 g/mol. The van der Waals surface area contributed by atoms with Gasteiger partial charge in [-0.25, -0.2) is 8.78 Å². The largest absolute Gasteiger partial charge is 0.490 e. The second-order valence-corrected chi connectivity index (χ2v) is 4.97. The Labute approximate surface area is 110 Å². The summed E-state index contributed by atoms with van der Waals surface area (Å²) in [5, 5.41) is 3.21. The van der Waals surface area contributed by atoms with Gasteiger partial charge in [-0.3, -0.25) is 0 Å². The molecule has 0 aliphatic carbocycles. The molecule has 0 aromatic heterocycles. The first-order chi connectivity index (χ1) is 9.25. The van der Waals surface area contributed by atoms with Crippen LogP contribution in [0.5, 0.6) is 11.5 Å². The Morgan fingerprint density at radius 1 is 1.16 bits per heavy atom. The lowest BCUT2D eigenvalue weighted by Crippen LogP contribution is -2.10. The number of rotatable bonds is 2. The Hall–Kier alpha value is -1.36. The molecule has 0 radical (unpaired) electrons. The third-order valence-electron chi connectivity index (χ3n) is 3.69. The summed E-state index contributed by atoms with van der Waals surface area (Å²) in [6.07, 6.45) is -0.814. The van der Waals surface area contributed by atoms with Crippen molar-refractivity contribution in [2.45, 2.75) is 25.2 Å². The van der Waals surface area contributed by atoms with Gasteiger partial charge in [-0.1, -0.05) is 0 Å². The van der Waals surface area contributed by atoms with Crippen LogP contribution < -0.4 is 14.8 Å². The second kappa shape index (κ2) is 5.33. The molecule has 2 heterocycles. The molecule has 0 spiro atoms. The summed E-state index contributed by atoms with van der Waals surface area (Å²) < 4.78 is 37.5. The number of halogens is 2. The van der Waals surface area contributed by atoms with Crippen molar-refractivity contribution in [1.29, 1.82) is 0 Å². The predicted octanol–water partition coefficient (Wildman–Crippen LogP) is 2.86. The van der Waals surface area contributed by atoms with Crippen molar-refractivity contribution in [2.75, 3.05) is 26.3 Å². The lowest BCUT2D eigenvalue weighted by molar-refractivity contribution is 0.149. The number of benzene rings is 1. The number of nitrogens with one attached hydrogen (secondary N) is 1. The number of fused-ring (bicyclic) bond motifs is 1. The Bertz CT molecular complexity index is 459. The molecule has 5 heteroatoms. The zero-order chi connectivity index (χ0) is 13.2. The Morgan fingerprint density at radius 2 is 1.89 bits per heavy atom. The van der Waals surface area contributed by atoms with Crippen LogP contribution in [0.3, 0.4) is 0 Å². The summed E-state index contributed by atoms with van der Waals surface area (Å²) in [6.45, 7) is 2.71. The fraction of sp³-hybridized carbons (Fsp3) is 0.571. The van der Waals surface area contributed by atoms with E-state index in [2.05, 4.69) is 5.32 Å². The number of hydrogen-bond donors (Lipinski definition) is 1. The molecule has 1 fully saturated rings. The molecule has 0 bridgehead atoms. The van der Waals surface area contributed by atoms with Gasteiger partial charge in [0, 0.05) is 18.5 Å². The SMILES string of the molecule is FC(F)c1cc2c(cc1C1CCNC1)OCCCO2. The molecule has 1 N–H and O–H groups in total. The number of ether oxygens (including phenoxy) is 2. The third-order valence-corrected chi connectivity index (χ3v) is 3.69. The van der Waals surface area contributed by atoms with Crippen LogP contribution in [-0.4, -0.2) is 26.3 Å². The molecular weight excluding hydrogens is 252 g/mol. The molecule has 1 aromatic rings. The Balaban J connectivity index is 2.02. The van der Waals surface area contributed by atoms with E-state index < -0.39 is 6.43 Å². The van der Waals surface area contributed by atoms with Gasteiger partial charge in [0.15, 0.2) is 11.5 Å². The van der Waals surface area contributed by atoms with E-state index in [-0.39, 0.29) is 11.5 Å². The molecule has 1 unspecified atom stereocenters. The van der Waals surface area contributed by atoms with E-state index in [1.165, 1.54) is 6.07 Å². The van der Waals surface area contributed by atoms with E-state index in [0.29, 0.717) is 30.3 Å². The summed E-state index contributed by atoms with van der Waals surface area (Å²) in [5.41, 5.74) is 0.780. The fourth-order valence-corrected chi connectivity index (χ4v) is 2.70. The molecule has 2 aliphatic heterocycles. The number of alkyl halides is 2. The van der Waals surface area contributed by atoms with Gasteiger partial charge in [0.25, 0.3) is 6.43 Å². The van der Waals surface area contributed by atoms with Gasteiger partial charge < -0.3 is 14.8 Å². The van der Waals surface area contributed by atoms with Crippen LogP contribution >= 0.6 is 0 Å². The second-order valence-electron chi connectivity index (χ2n) is 4.97. The van der Waals surface area contributed by atoms with E-state index in [1.807, 2.05) is 0 Å². The van der Waals surface area contributed by atoms with Gasteiger partial charge >= 0.3 is 0 Å². The van der Waals surface area contributed by atoms with Gasteiger partial charge in [-0.05, 0) is 36.6 Å². The van der Waals surface area contributed by atoms with Gasteiger partial charge in [-0.15, -0.1) is 0 Å². The van der Waals surface area contributed by atoms with Gasteiger partial charge in [0.05, 0.1) is 13.2 Å². The summed E-state index contributed by atoms with van der Waals surface area (Å²) in [5.74, 6) is 1.19. The van der Waals surface area contributed by atoms with Crippen molar-refractivity contribution in [3.63, 3.8) is 0 Å². The smallest absolute Gasteiger partial charge is 0.264 e. The van der Waals surface area contributed by atoms with Crippen molar-refractivity contribution in [2.24, 2.45) is 0 Å². The maximum Gasteiger partial charge on any atom is 0.264 e. The maximum atomic E-state index is 13.2. The fourth-order valence-electron chi connectivity index (χ4n) is 2.70. The van der Waals surface area contributed by atoms with E-state index in [1.54, 1.807) is 6.07 Å². The monoisotopic (exact) mass is 269 g/mol. The molecule has 3 nitrogen and oxygen atoms in total. The zero-order valence-electron chi connectivity index (χ0n) is 10.6. The van der Waals surface area contributed by atoms with Crippen molar-refractivity contribution in [3.05, 3.63) is 23.3 Å². The molecule has 2 aliphatic rings. The minimum absolute atomic E-state index is 0.0814. The molecule has 104 valence electrons. The molecule has 19 heavy (non-hydrogen) atoms.